The number of hydrogen-bond donors (Lipinski definition) is 1. The van der Waals surface area contributed by atoms with Gasteiger partial charge in [-0.25, -0.2) is 0 Å². The van der Waals surface area contributed by atoms with E-state index in [1.54, 1.807) is 0 Å². The predicted octanol–water partition coefficient (Wildman–Crippen LogP) is 3.09. The molecule has 2 rings (SSSR count). The van der Waals surface area contributed by atoms with Gasteiger partial charge in [-0.05, 0) is 31.5 Å². The molecule has 1 aliphatic heterocycles. The van der Waals surface area contributed by atoms with Crippen LogP contribution in [0.2, 0.25) is 18.1 Å². The molecule has 3 nitrogen and oxygen atoms in total. The average molecular weight is 281 g/mol. The standard InChI is InChI=1S/C15H27NO2Si/c1-9-8-11(9)13-12(14(17)16-13)10(2)18-19(6,7)15(3,4)5/h10-13H,1,8H2,2-7H3,(H,16,17)/t10-,11?,12-,13-/m1/s1. The van der Waals surface area contributed by atoms with Crippen molar-refractivity contribution in [1.29, 1.82) is 0 Å². The summed E-state index contributed by atoms with van der Waals surface area (Å²) in [6.07, 6.45) is 1.07. The number of β-lactam (4-membered cyclic amide) rings is 1. The van der Waals surface area contributed by atoms with Crippen LogP contribution in [0.25, 0.3) is 0 Å². The van der Waals surface area contributed by atoms with Crippen LogP contribution in [0.5, 0.6) is 0 Å². The van der Waals surface area contributed by atoms with Crippen LogP contribution in [0, 0.1) is 11.8 Å². The summed E-state index contributed by atoms with van der Waals surface area (Å²) in [4.78, 5) is 11.9. The Balaban J connectivity index is 2.01. The predicted molar refractivity (Wildman–Crippen MR) is 80.4 cm³/mol. The minimum atomic E-state index is -1.81. The topological polar surface area (TPSA) is 38.3 Å². The van der Waals surface area contributed by atoms with Crippen molar-refractivity contribution in [3.63, 3.8) is 0 Å². The summed E-state index contributed by atoms with van der Waals surface area (Å²) in [6.45, 7) is 17.2. The third kappa shape index (κ3) is 2.65. The van der Waals surface area contributed by atoms with Gasteiger partial charge in [0.25, 0.3) is 0 Å². The van der Waals surface area contributed by atoms with Gasteiger partial charge in [-0.3, -0.25) is 4.79 Å². The Morgan fingerprint density at radius 2 is 1.95 bits per heavy atom. The summed E-state index contributed by atoms with van der Waals surface area (Å²) in [5.74, 6) is 0.655. The summed E-state index contributed by atoms with van der Waals surface area (Å²) >= 11 is 0. The second kappa shape index (κ2) is 4.45. The van der Waals surface area contributed by atoms with Gasteiger partial charge < -0.3 is 9.74 Å². The molecule has 2 aliphatic rings. The molecule has 0 bridgehead atoms. The molecule has 0 aromatic heterocycles. The second-order valence-corrected chi connectivity index (χ2v) is 12.4. The fourth-order valence-electron chi connectivity index (χ4n) is 2.59. The molecule has 1 saturated carbocycles. The average Bonchev–Trinajstić information content (AvgIpc) is 2.88. The molecule has 1 saturated heterocycles. The van der Waals surface area contributed by atoms with Crippen molar-refractivity contribution >= 4 is 14.2 Å². The summed E-state index contributed by atoms with van der Waals surface area (Å²) < 4.78 is 6.37. The molecule has 19 heavy (non-hydrogen) atoms. The van der Waals surface area contributed by atoms with Crippen LogP contribution in [-0.2, 0) is 9.22 Å². The van der Waals surface area contributed by atoms with Crippen LogP contribution in [0.3, 0.4) is 0 Å². The smallest absolute Gasteiger partial charge is 0.228 e. The third-order valence-electron chi connectivity index (χ3n) is 5.07. The normalized spacial score (nSPS) is 32.6. The highest BCUT2D eigenvalue weighted by molar-refractivity contribution is 6.74. The van der Waals surface area contributed by atoms with Gasteiger partial charge in [-0.15, -0.1) is 0 Å². The van der Waals surface area contributed by atoms with E-state index in [0.29, 0.717) is 5.92 Å². The summed E-state index contributed by atoms with van der Waals surface area (Å²) in [5, 5.41) is 3.21. The molecule has 4 atom stereocenters. The number of rotatable bonds is 4. The molecule has 1 N–H and O–H groups in total. The monoisotopic (exact) mass is 281 g/mol. The maximum atomic E-state index is 11.9. The molecule has 1 heterocycles. The first-order chi connectivity index (χ1) is 8.54. The first-order valence-corrected chi connectivity index (χ1v) is 10.1. The Kier molecular flexibility index (Phi) is 3.46. The van der Waals surface area contributed by atoms with E-state index in [9.17, 15) is 4.79 Å². The highest BCUT2D eigenvalue weighted by atomic mass is 28.4. The van der Waals surface area contributed by atoms with Gasteiger partial charge in [0.2, 0.25) is 5.91 Å². The lowest BCUT2D eigenvalue weighted by Crippen LogP contribution is -2.64. The van der Waals surface area contributed by atoms with Gasteiger partial charge in [0.05, 0.1) is 12.0 Å². The van der Waals surface area contributed by atoms with Gasteiger partial charge in [0.1, 0.15) is 0 Å². The van der Waals surface area contributed by atoms with Crippen molar-refractivity contribution in [2.24, 2.45) is 11.8 Å². The van der Waals surface area contributed by atoms with Crippen LogP contribution < -0.4 is 5.32 Å². The molecule has 0 spiro atoms. The SMILES string of the molecule is C=C1CC1[C@H]1NC(=O)[C@@H]1[C@@H](C)O[Si](C)(C)C(C)(C)C. The lowest BCUT2D eigenvalue weighted by molar-refractivity contribution is -0.140. The number of nitrogens with one attached hydrogen (secondary N) is 1. The zero-order valence-corrected chi connectivity index (χ0v) is 14.0. The molecule has 0 radical (unpaired) electrons. The minimum absolute atomic E-state index is 0.00745. The lowest BCUT2D eigenvalue weighted by atomic mass is 9.83. The van der Waals surface area contributed by atoms with E-state index in [2.05, 4.69) is 52.7 Å². The number of carbonyl (C=O) groups excluding carboxylic acids is 1. The van der Waals surface area contributed by atoms with E-state index in [4.69, 9.17) is 4.43 Å². The minimum Gasteiger partial charge on any atom is -0.413 e. The van der Waals surface area contributed by atoms with Gasteiger partial charge >= 0.3 is 0 Å². The van der Waals surface area contributed by atoms with Crippen molar-refractivity contribution < 1.29 is 9.22 Å². The molecule has 1 unspecified atom stereocenters. The van der Waals surface area contributed by atoms with Gasteiger partial charge in [-0.2, -0.15) is 0 Å². The maximum Gasteiger partial charge on any atom is 0.228 e. The first kappa shape index (κ1) is 14.8. The largest absolute Gasteiger partial charge is 0.413 e. The van der Waals surface area contributed by atoms with Crippen molar-refractivity contribution in [3.05, 3.63) is 12.2 Å². The summed E-state index contributed by atoms with van der Waals surface area (Å²) in [5.41, 5.74) is 1.27. The lowest BCUT2D eigenvalue weighted by Gasteiger charge is -2.45. The number of carbonyl (C=O) groups is 1. The van der Waals surface area contributed by atoms with E-state index in [0.717, 1.165) is 6.42 Å². The van der Waals surface area contributed by atoms with Crippen LogP contribution in [0.1, 0.15) is 34.1 Å². The van der Waals surface area contributed by atoms with Crippen molar-refractivity contribution in [1.82, 2.24) is 5.32 Å². The van der Waals surface area contributed by atoms with Crippen molar-refractivity contribution in [2.75, 3.05) is 0 Å². The number of amides is 1. The Hall–Kier alpha value is -0.613. The number of hydrogen-bond acceptors (Lipinski definition) is 2. The van der Waals surface area contributed by atoms with Crippen LogP contribution in [0.4, 0.5) is 0 Å². The first-order valence-electron chi connectivity index (χ1n) is 7.20. The highest BCUT2D eigenvalue weighted by Gasteiger charge is 2.53. The third-order valence-corrected chi connectivity index (χ3v) is 9.64. The van der Waals surface area contributed by atoms with E-state index in [1.165, 1.54) is 5.57 Å². The molecule has 1 amide bonds. The molecule has 4 heteroatoms. The van der Waals surface area contributed by atoms with Crippen LogP contribution in [-0.4, -0.2) is 26.4 Å². The molecule has 1 aliphatic carbocycles. The second-order valence-electron chi connectivity index (χ2n) is 7.61. The fourth-order valence-corrected chi connectivity index (χ4v) is 4.02. The van der Waals surface area contributed by atoms with E-state index in [-0.39, 0.29) is 29.0 Å². The van der Waals surface area contributed by atoms with Crippen molar-refractivity contribution in [2.45, 2.75) is 64.4 Å². The molecular formula is C15H27NO2Si. The Labute approximate surface area is 117 Å². The van der Waals surface area contributed by atoms with Crippen LogP contribution >= 0.6 is 0 Å². The zero-order valence-electron chi connectivity index (χ0n) is 13.0. The quantitative estimate of drug-likeness (QED) is 0.488. The van der Waals surface area contributed by atoms with E-state index >= 15 is 0 Å². The molecule has 108 valence electrons. The molecule has 0 aromatic carbocycles. The molecule has 2 fully saturated rings. The van der Waals surface area contributed by atoms with E-state index in [1.807, 2.05) is 0 Å². The van der Waals surface area contributed by atoms with Gasteiger partial charge in [-0.1, -0.05) is 32.9 Å². The fraction of sp³-hybridized carbons (Fsp3) is 0.800. The summed E-state index contributed by atoms with van der Waals surface area (Å²) in [6, 6.07) is 0.264. The van der Waals surface area contributed by atoms with Crippen molar-refractivity contribution in [3.8, 4) is 0 Å². The Morgan fingerprint density at radius 3 is 2.32 bits per heavy atom. The molecule has 0 aromatic rings. The Bertz CT molecular complexity index is 411. The maximum absolute atomic E-state index is 11.9. The molecular weight excluding hydrogens is 254 g/mol. The van der Waals surface area contributed by atoms with E-state index < -0.39 is 8.32 Å². The zero-order chi connectivity index (χ0) is 14.6. The van der Waals surface area contributed by atoms with Gasteiger partial charge in [0, 0.05) is 12.0 Å². The van der Waals surface area contributed by atoms with Gasteiger partial charge in [0.15, 0.2) is 8.32 Å². The highest BCUT2D eigenvalue weighted by Crippen LogP contribution is 2.46. The van der Waals surface area contributed by atoms with Crippen LogP contribution in [0.15, 0.2) is 12.2 Å². The Morgan fingerprint density at radius 1 is 1.42 bits per heavy atom. The summed E-state index contributed by atoms with van der Waals surface area (Å²) in [7, 11) is -1.81.